The Bertz CT molecular complexity index is 1160. The van der Waals surface area contributed by atoms with Gasteiger partial charge in [0.05, 0.1) is 11.7 Å². The van der Waals surface area contributed by atoms with Gasteiger partial charge in [-0.1, -0.05) is 11.6 Å². The van der Waals surface area contributed by atoms with Gasteiger partial charge in [-0.15, -0.1) is 11.3 Å². The Morgan fingerprint density at radius 2 is 2.21 bits per heavy atom. The van der Waals surface area contributed by atoms with Crippen molar-refractivity contribution in [2.24, 2.45) is 5.73 Å². The zero-order valence-corrected chi connectivity index (χ0v) is 14.6. The van der Waals surface area contributed by atoms with Crippen LogP contribution in [0, 0.1) is 0 Å². The van der Waals surface area contributed by atoms with Crippen molar-refractivity contribution in [3.8, 4) is 0 Å². The molecule has 0 aliphatic heterocycles. The summed E-state index contributed by atoms with van der Waals surface area (Å²) in [4.78, 5) is 8.68. The molecule has 0 fully saturated rings. The quantitative estimate of drug-likeness (QED) is 0.584. The Morgan fingerprint density at radius 3 is 3.00 bits per heavy atom. The average molecular weight is 382 g/mol. The third-order valence-electron chi connectivity index (χ3n) is 3.75. The second-order valence-electron chi connectivity index (χ2n) is 5.15. The van der Waals surface area contributed by atoms with Gasteiger partial charge in [-0.2, -0.15) is 8.42 Å². The third-order valence-corrected chi connectivity index (χ3v) is 6.58. The molecule has 7 nitrogen and oxygen atoms in total. The summed E-state index contributed by atoms with van der Waals surface area (Å²) in [5, 5.41) is 2.46. The minimum Gasteiger partial charge on any atom is -0.330 e. The van der Waals surface area contributed by atoms with Gasteiger partial charge in [-0.3, -0.25) is 9.38 Å². The number of aromatic nitrogens is 4. The van der Waals surface area contributed by atoms with Crippen molar-refractivity contribution >= 4 is 48.8 Å². The van der Waals surface area contributed by atoms with E-state index < -0.39 is 10.0 Å². The smallest absolute Gasteiger partial charge is 0.287 e. The SMILES string of the molecule is NCCc1cn(S(=O)(=O)c2c(Cl)nc3sccn23)c2cnccc12. The highest BCUT2D eigenvalue weighted by Crippen LogP contribution is 2.30. The number of nitrogens with zero attached hydrogens (tertiary/aromatic N) is 4. The number of imidazole rings is 1. The molecule has 0 saturated carbocycles. The number of hydrogen-bond acceptors (Lipinski definition) is 6. The first kappa shape index (κ1) is 15.6. The van der Waals surface area contributed by atoms with E-state index in [1.165, 1.54) is 25.9 Å². The number of pyridine rings is 1. The number of halogens is 1. The lowest BCUT2D eigenvalue weighted by atomic mass is 10.1. The van der Waals surface area contributed by atoms with Gasteiger partial charge < -0.3 is 5.73 Å². The molecule has 4 aromatic rings. The van der Waals surface area contributed by atoms with E-state index in [0.717, 1.165) is 10.9 Å². The van der Waals surface area contributed by atoms with Crippen LogP contribution in [0.1, 0.15) is 5.56 Å². The van der Waals surface area contributed by atoms with Crippen molar-refractivity contribution in [3.05, 3.63) is 47.0 Å². The van der Waals surface area contributed by atoms with Gasteiger partial charge >= 0.3 is 0 Å². The Kier molecular flexibility index (Phi) is 3.61. The normalized spacial score (nSPS) is 12.4. The molecule has 0 unspecified atom stereocenters. The first-order valence-electron chi connectivity index (χ1n) is 7.04. The second kappa shape index (κ2) is 5.55. The van der Waals surface area contributed by atoms with Crippen molar-refractivity contribution in [2.75, 3.05) is 6.54 Å². The van der Waals surface area contributed by atoms with Crippen molar-refractivity contribution in [3.63, 3.8) is 0 Å². The van der Waals surface area contributed by atoms with Crippen LogP contribution >= 0.6 is 22.9 Å². The minimum atomic E-state index is -3.94. The second-order valence-corrected chi connectivity index (χ2v) is 8.11. The van der Waals surface area contributed by atoms with Crippen molar-refractivity contribution < 1.29 is 8.42 Å². The molecule has 2 N–H and O–H groups in total. The molecule has 0 radical (unpaired) electrons. The number of thiazole rings is 1. The topological polar surface area (TPSA) is 95.3 Å². The maximum atomic E-state index is 13.2. The van der Waals surface area contributed by atoms with Crippen LogP contribution in [-0.2, 0) is 16.4 Å². The molecule has 4 aromatic heterocycles. The standard InChI is InChI=1S/C14H12ClN5O2S2/c15-12-13(19-5-6-23-14(19)18-12)24(21,22)20-8-9(1-3-16)10-2-4-17-7-11(10)20/h2,4-8H,1,3,16H2. The summed E-state index contributed by atoms with van der Waals surface area (Å²) in [6, 6.07) is 1.78. The molecule has 0 bridgehead atoms. The summed E-state index contributed by atoms with van der Waals surface area (Å²) in [7, 11) is -3.94. The number of nitrogens with two attached hydrogens (primary N) is 1. The number of rotatable bonds is 4. The van der Waals surface area contributed by atoms with Crippen molar-refractivity contribution in [1.29, 1.82) is 0 Å². The van der Waals surface area contributed by atoms with Crippen LogP contribution < -0.4 is 5.73 Å². The van der Waals surface area contributed by atoms with Gasteiger partial charge in [0, 0.05) is 29.4 Å². The average Bonchev–Trinajstić information content (AvgIpc) is 3.20. The number of hydrogen-bond donors (Lipinski definition) is 1. The molecule has 4 heterocycles. The van der Waals surface area contributed by atoms with Gasteiger partial charge in [0.2, 0.25) is 5.03 Å². The molecule has 0 spiro atoms. The fourth-order valence-corrected chi connectivity index (χ4v) is 5.53. The van der Waals surface area contributed by atoms with Crippen LogP contribution in [0.5, 0.6) is 0 Å². The maximum absolute atomic E-state index is 13.2. The van der Waals surface area contributed by atoms with Crippen LogP contribution in [0.2, 0.25) is 5.15 Å². The Morgan fingerprint density at radius 1 is 1.38 bits per heavy atom. The molecule has 0 aliphatic rings. The highest BCUT2D eigenvalue weighted by molar-refractivity contribution is 7.90. The molecule has 124 valence electrons. The first-order chi connectivity index (χ1) is 11.5. The predicted molar refractivity (Wildman–Crippen MR) is 93.2 cm³/mol. The van der Waals surface area contributed by atoms with Gasteiger partial charge in [0.25, 0.3) is 10.0 Å². The van der Waals surface area contributed by atoms with E-state index in [1.54, 1.807) is 30.0 Å². The fourth-order valence-electron chi connectivity index (χ4n) is 2.73. The summed E-state index contributed by atoms with van der Waals surface area (Å²) >= 11 is 7.42. The Labute approximate surface area is 146 Å². The largest absolute Gasteiger partial charge is 0.330 e. The van der Waals surface area contributed by atoms with E-state index in [4.69, 9.17) is 17.3 Å². The van der Waals surface area contributed by atoms with Gasteiger partial charge in [-0.25, -0.2) is 8.96 Å². The predicted octanol–water partition coefficient (Wildman–Crippen LogP) is 2.14. The van der Waals surface area contributed by atoms with Gasteiger partial charge in [0.1, 0.15) is 0 Å². The third kappa shape index (κ3) is 2.16. The lowest BCUT2D eigenvalue weighted by Gasteiger charge is -2.06. The number of fused-ring (bicyclic) bond motifs is 2. The first-order valence-corrected chi connectivity index (χ1v) is 9.74. The van der Waals surface area contributed by atoms with E-state index in [9.17, 15) is 8.42 Å². The maximum Gasteiger partial charge on any atom is 0.287 e. The van der Waals surface area contributed by atoms with Crippen LogP contribution in [0.3, 0.4) is 0 Å². The Balaban J connectivity index is 2.03. The van der Waals surface area contributed by atoms with E-state index >= 15 is 0 Å². The highest BCUT2D eigenvalue weighted by Gasteiger charge is 2.28. The summed E-state index contributed by atoms with van der Waals surface area (Å²) in [6.07, 6.45) is 6.93. The van der Waals surface area contributed by atoms with E-state index in [2.05, 4.69) is 9.97 Å². The molecular formula is C14H12ClN5O2S2. The molecule has 0 amide bonds. The zero-order chi connectivity index (χ0) is 16.9. The van der Waals surface area contributed by atoms with Crippen molar-refractivity contribution in [1.82, 2.24) is 18.3 Å². The van der Waals surface area contributed by atoms with Crippen LogP contribution in [0.4, 0.5) is 0 Å². The molecule has 24 heavy (non-hydrogen) atoms. The molecule has 0 atom stereocenters. The lowest BCUT2D eigenvalue weighted by molar-refractivity contribution is 0.584. The monoisotopic (exact) mass is 381 g/mol. The van der Waals surface area contributed by atoms with Crippen LogP contribution in [-0.4, -0.2) is 33.3 Å². The van der Waals surface area contributed by atoms with Gasteiger partial charge in [-0.05, 0) is 24.6 Å². The van der Waals surface area contributed by atoms with Crippen LogP contribution in [0.15, 0.2) is 41.3 Å². The minimum absolute atomic E-state index is 0.0482. The molecule has 4 rings (SSSR count). The zero-order valence-electron chi connectivity index (χ0n) is 12.3. The van der Waals surface area contributed by atoms with E-state index in [0.29, 0.717) is 23.4 Å². The highest BCUT2D eigenvalue weighted by atomic mass is 35.5. The summed E-state index contributed by atoms with van der Waals surface area (Å²) in [5.74, 6) is 0. The lowest BCUT2D eigenvalue weighted by Crippen LogP contribution is -2.14. The Hall–Kier alpha value is -1.94. The van der Waals surface area contributed by atoms with E-state index in [1.807, 2.05) is 0 Å². The fraction of sp³-hybridized carbons (Fsp3) is 0.143. The molecular weight excluding hydrogens is 370 g/mol. The molecule has 10 heteroatoms. The van der Waals surface area contributed by atoms with Crippen LogP contribution in [0.25, 0.3) is 15.9 Å². The summed E-state index contributed by atoms with van der Waals surface area (Å²) < 4.78 is 29.1. The summed E-state index contributed by atoms with van der Waals surface area (Å²) in [5.41, 5.74) is 6.98. The molecule has 0 aromatic carbocycles. The molecule has 0 saturated heterocycles. The van der Waals surface area contributed by atoms with E-state index in [-0.39, 0.29) is 10.2 Å². The molecule has 0 aliphatic carbocycles. The van der Waals surface area contributed by atoms with Crippen molar-refractivity contribution in [2.45, 2.75) is 11.4 Å². The summed E-state index contributed by atoms with van der Waals surface area (Å²) in [6.45, 7) is 0.420. The van der Waals surface area contributed by atoms with Gasteiger partial charge in [0.15, 0.2) is 10.1 Å².